The highest BCUT2D eigenvalue weighted by molar-refractivity contribution is 5.71. The molecule has 1 unspecified atom stereocenters. The highest BCUT2D eigenvalue weighted by Crippen LogP contribution is 2.05. The Bertz CT molecular complexity index is 206. The van der Waals surface area contributed by atoms with Crippen LogP contribution in [-0.2, 0) is 19.1 Å². The molecule has 1 N–H and O–H groups in total. The largest absolute Gasteiger partial charge is 0.469 e. The predicted octanol–water partition coefficient (Wildman–Crippen LogP) is 0.481. The number of ether oxygens (including phenoxy) is 2. The number of rotatable bonds is 7. The Balaban J connectivity index is 3.94. The molecule has 5 heteroatoms. The van der Waals surface area contributed by atoms with Gasteiger partial charge in [0.1, 0.15) is 6.10 Å². The summed E-state index contributed by atoms with van der Waals surface area (Å²) < 4.78 is 9.51. The lowest BCUT2D eigenvalue weighted by Gasteiger charge is -2.15. The number of esters is 2. The van der Waals surface area contributed by atoms with Crippen molar-refractivity contribution < 1.29 is 19.1 Å². The fourth-order valence-electron chi connectivity index (χ4n) is 1.15. The van der Waals surface area contributed by atoms with Gasteiger partial charge in [-0.2, -0.15) is 0 Å². The molecule has 0 saturated heterocycles. The smallest absolute Gasteiger partial charge is 0.309 e. The van der Waals surface area contributed by atoms with Crippen molar-refractivity contribution in [1.82, 2.24) is 5.32 Å². The molecule has 0 fully saturated rings. The minimum atomic E-state index is -0.394. The first-order valence-electron chi connectivity index (χ1n) is 5.04. The summed E-state index contributed by atoms with van der Waals surface area (Å²) in [4.78, 5) is 21.8. The molecule has 1 atom stereocenters. The molecule has 0 saturated carbocycles. The molecule has 0 aliphatic carbocycles. The molecule has 0 aliphatic heterocycles. The summed E-state index contributed by atoms with van der Waals surface area (Å²) >= 11 is 0. The Morgan fingerprint density at radius 1 is 1.40 bits per heavy atom. The molecule has 0 radical (unpaired) electrons. The van der Waals surface area contributed by atoms with Crippen molar-refractivity contribution in [2.45, 2.75) is 32.8 Å². The maximum Gasteiger partial charge on any atom is 0.309 e. The average Bonchev–Trinajstić information content (AvgIpc) is 2.17. The van der Waals surface area contributed by atoms with Crippen molar-refractivity contribution in [3.8, 4) is 0 Å². The van der Waals surface area contributed by atoms with Crippen LogP contribution in [0.4, 0.5) is 0 Å². The van der Waals surface area contributed by atoms with Gasteiger partial charge in [0.2, 0.25) is 0 Å². The molecule has 0 aromatic rings. The van der Waals surface area contributed by atoms with Crippen LogP contribution in [0.3, 0.4) is 0 Å². The van der Waals surface area contributed by atoms with E-state index in [2.05, 4.69) is 10.1 Å². The Kier molecular flexibility index (Phi) is 7.62. The Morgan fingerprint density at radius 3 is 2.53 bits per heavy atom. The van der Waals surface area contributed by atoms with Gasteiger partial charge in [0, 0.05) is 6.92 Å². The normalized spacial score (nSPS) is 11.9. The summed E-state index contributed by atoms with van der Waals surface area (Å²) in [5.41, 5.74) is 0. The summed E-state index contributed by atoms with van der Waals surface area (Å²) in [6, 6.07) is 0. The van der Waals surface area contributed by atoms with E-state index < -0.39 is 6.10 Å². The lowest BCUT2D eigenvalue weighted by Crippen LogP contribution is -2.26. The Labute approximate surface area is 90.1 Å². The number of hydrogen-bond acceptors (Lipinski definition) is 5. The van der Waals surface area contributed by atoms with E-state index in [9.17, 15) is 9.59 Å². The average molecular weight is 217 g/mol. The molecular formula is C10H19NO4. The number of hydrogen-bond donors (Lipinski definition) is 1. The van der Waals surface area contributed by atoms with Gasteiger partial charge in [-0.25, -0.2) is 0 Å². The van der Waals surface area contributed by atoms with Crippen LogP contribution in [0.2, 0.25) is 0 Å². The van der Waals surface area contributed by atoms with E-state index in [0.717, 1.165) is 6.54 Å². The highest BCUT2D eigenvalue weighted by atomic mass is 16.6. The highest BCUT2D eigenvalue weighted by Gasteiger charge is 2.16. The van der Waals surface area contributed by atoms with Gasteiger partial charge >= 0.3 is 11.9 Å². The van der Waals surface area contributed by atoms with Crippen LogP contribution < -0.4 is 5.32 Å². The second kappa shape index (κ2) is 8.23. The molecule has 0 aromatic carbocycles. The second-order valence-electron chi connectivity index (χ2n) is 3.15. The first kappa shape index (κ1) is 13.9. The van der Waals surface area contributed by atoms with Gasteiger partial charge < -0.3 is 14.8 Å². The van der Waals surface area contributed by atoms with Gasteiger partial charge in [-0.3, -0.25) is 9.59 Å². The standard InChI is InChI=1S/C10H19NO4/c1-4-11-6-5-9(15-8(2)12)7-10(13)14-3/h9,11H,4-7H2,1-3H3. The lowest BCUT2D eigenvalue weighted by molar-refractivity contribution is -0.152. The number of carbonyl (C=O) groups excluding carboxylic acids is 2. The molecule has 0 rings (SSSR count). The molecule has 0 heterocycles. The number of methoxy groups -OCH3 is 1. The SMILES string of the molecule is CCNCCC(CC(=O)OC)OC(C)=O. The van der Waals surface area contributed by atoms with Gasteiger partial charge in [0.25, 0.3) is 0 Å². The predicted molar refractivity (Wildman–Crippen MR) is 55.3 cm³/mol. The van der Waals surface area contributed by atoms with E-state index in [-0.39, 0.29) is 18.4 Å². The van der Waals surface area contributed by atoms with Gasteiger partial charge in [0.15, 0.2) is 0 Å². The molecule has 0 bridgehead atoms. The van der Waals surface area contributed by atoms with E-state index >= 15 is 0 Å². The monoisotopic (exact) mass is 217 g/mol. The van der Waals surface area contributed by atoms with E-state index in [1.165, 1.54) is 14.0 Å². The van der Waals surface area contributed by atoms with Gasteiger partial charge in [-0.15, -0.1) is 0 Å². The molecule has 0 spiro atoms. The van der Waals surface area contributed by atoms with Crippen LogP contribution in [-0.4, -0.2) is 38.2 Å². The molecule has 0 aromatic heterocycles. The number of carbonyl (C=O) groups is 2. The lowest BCUT2D eigenvalue weighted by atomic mass is 10.2. The zero-order valence-electron chi connectivity index (χ0n) is 9.54. The third kappa shape index (κ3) is 7.93. The maximum absolute atomic E-state index is 11.0. The summed E-state index contributed by atoms with van der Waals surface area (Å²) in [6.45, 7) is 4.88. The van der Waals surface area contributed by atoms with Crippen LogP contribution in [0, 0.1) is 0 Å². The van der Waals surface area contributed by atoms with Crippen LogP contribution in [0.15, 0.2) is 0 Å². The molecule has 5 nitrogen and oxygen atoms in total. The van der Waals surface area contributed by atoms with Crippen LogP contribution in [0.1, 0.15) is 26.7 Å². The fourth-order valence-corrected chi connectivity index (χ4v) is 1.15. The molecule has 15 heavy (non-hydrogen) atoms. The van der Waals surface area contributed by atoms with Gasteiger partial charge in [-0.1, -0.05) is 6.92 Å². The third-order valence-electron chi connectivity index (χ3n) is 1.85. The quantitative estimate of drug-likeness (QED) is 0.496. The topological polar surface area (TPSA) is 64.6 Å². The van der Waals surface area contributed by atoms with Gasteiger partial charge in [0.05, 0.1) is 13.5 Å². The van der Waals surface area contributed by atoms with Crippen molar-refractivity contribution >= 4 is 11.9 Å². The minimum Gasteiger partial charge on any atom is -0.469 e. The first-order chi connectivity index (χ1) is 7.10. The zero-order chi connectivity index (χ0) is 11.7. The Hall–Kier alpha value is -1.10. The fraction of sp³-hybridized carbons (Fsp3) is 0.800. The summed E-state index contributed by atoms with van der Waals surface area (Å²) in [5, 5.41) is 3.10. The number of nitrogens with one attached hydrogen (secondary N) is 1. The summed E-state index contributed by atoms with van der Waals surface area (Å²) in [6.07, 6.45) is 0.332. The van der Waals surface area contributed by atoms with Crippen LogP contribution >= 0.6 is 0 Å². The summed E-state index contributed by atoms with van der Waals surface area (Å²) in [5.74, 6) is -0.738. The van der Waals surface area contributed by atoms with Crippen LogP contribution in [0.5, 0.6) is 0 Å². The van der Waals surface area contributed by atoms with E-state index in [1.54, 1.807) is 0 Å². The van der Waals surface area contributed by atoms with E-state index in [4.69, 9.17) is 4.74 Å². The molecule has 0 amide bonds. The van der Waals surface area contributed by atoms with Crippen molar-refractivity contribution in [3.63, 3.8) is 0 Å². The van der Waals surface area contributed by atoms with E-state index in [0.29, 0.717) is 13.0 Å². The van der Waals surface area contributed by atoms with Crippen molar-refractivity contribution in [2.75, 3.05) is 20.2 Å². The first-order valence-corrected chi connectivity index (χ1v) is 5.04. The van der Waals surface area contributed by atoms with Crippen LogP contribution in [0.25, 0.3) is 0 Å². The molecule has 0 aliphatic rings. The summed E-state index contributed by atoms with van der Waals surface area (Å²) in [7, 11) is 1.32. The zero-order valence-corrected chi connectivity index (χ0v) is 9.54. The van der Waals surface area contributed by atoms with Crippen molar-refractivity contribution in [2.24, 2.45) is 0 Å². The Morgan fingerprint density at radius 2 is 2.07 bits per heavy atom. The molecular weight excluding hydrogens is 198 g/mol. The van der Waals surface area contributed by atoms with Crippen molar-refractivity contribution in [3.05, 3.63) is 0 Å². The van der Waals surface area contributed by atoms with Crippen molar-refractivity contribution in [1.29, 1.82) is 0 Å². The third-order valence-corrected chi connectivity index (χ3v) is 1.85. The molecule has 88 valence electrons. The second-order valence-corrected chi connectivity index (χ2v) is 3.15. The van der Waals surface area contributed by atoms with Gasteiger partial charge in [-0.05, 0) is 19.5 Å². The minimum absolute atomic E-state index is 0.113. The van der Waals surface area contributed by atoms with E-state index in [1.807, 2.05) is 6.92 Å². The maximum atomic E-state index is 11.0.